The molecule has 0 unspecified atom stereocenters. The number of aromatic amines is 1. The fourth-order valence-corrected chi connectivity index (χ4v) is 7.90. The number of amides is 9. The normalized spacial score (nSPS) is 21.3. The van der Waals surface area contributed by atoms with Crippen LogP contribution in [-0.4, -0.2) is 139 Å². The first-order chi connectivity index (χ1) is 34.8. The Hall–Kier alpha value is -8.29. The summed E-state index contributed by atoms with van der Waals surface area (Å²) in [5.74, 6) is -7.76. The first kappa shape index (κ1) is 57.3. The summed E-state index contributed by atoms with van der Waals surface area (Å²) in [4.78, 5) is 134. The minimum absolute atomic E-state index is 0.0152. The molecule has 0 aliphatic carbocycles. The zero-order valence-corrected chi connectivity index (χ0v) is 40.7. The van der Waals surface area contributed by atoms with Gasteiger partial charge in [0.05, 0.1) is 6.42 Å². The second-order valence-electron chi connectivity index (χ2n) is 17.5. The molecule has 9 amide bonds. The zero-order valence-electron chi connectivity index (χ0n) is 40.7. The molecule has 1 aromatic heterocycles. The van der Waals surface area contributed by atoms with Crippen molar-refractivity contribution in [3.05, 3.63) is 71.9 Å². The lowest BCUT2D eigenvalue weighted by atomic mass is 10.0. The predicted molar refractivity (Wildman–Crippen MR) is 271 cm³/mol. The number of hydrogen-bond donors (Lipinski definition) is 15. The maximum Gasteiger partial charge on any atom is 0.244 e. The number of H-pyrrole nitrogens is 1. The van der Waals surface area contributed by atoms with Crippen LogP contribution in [0.2, 0.25) is 0 Å². The van der Waals surface area contributed by atoms with Crippen molar-refractivity contribution < 1.29 is 43.2 Å². The van der Waals surface area contributed by atoms with E-state index in [2.05, 4.69) is 57.5 Å². The van der Waals surface area contributed by atoms with E-state index in [9.17, 15) is 43.2 Å². The third kappa shape index (κ3) is 19.4. The second-order valence-corrected chi connectivity index (χ2v) is 17.5. The first-order valence-corrected chi connectivity index (χ1v) is 23.9. The number of aromatic nitrogens is 1. The summed E-state index contributed by atoms with van der Waals surface area (Å²) in [6.45, 7) is 0.844. The van der Waals surface area contributed by atoms with Gasteiger partial charge in [0.15, 0.2) is 11.9 Å². The van der Waals surface area contributed by atoms with Gasteiger partial charge >= 0.3 is 0 Å². The average molecular weight is 1020 g/mol. The van der Waals surface area contributed by atoms with Gasteiger partial charge in [-0.05, 0) is 62.1 Å². The number of nitrogens with two attached hydrogens (primary N) is 6. The molecular formula is C47H69N17O9. The van der Waals surface area contributed by atoms with Gasteiger partial charge in [0.1, 0.15) is 42.3 Å². The van der Waals surface area contributed by atoms with Crippen LogP contribution in [-0.2, 0) is 56.0 Å². The van der Waals surface area contributed by atoms with Crippen LogP contribution in [0, 0.1) is 0 Å². The van der Waals surface area contributed by atoms with Crippen LogP contribution < -0.4 is 76.9 Å². The van der Waals surface area contributed by atoms with E-state index in [0.29, 0.717) is 11.1 Å². The summed E-state index contributed by atoms with van der Waals surface area (Å²) in [5.41, 5.74) is 35.7. The number of primary amides is 1. The largest absolute Gasteiger partial charge is 0.370 e. The lowest BCUT2D eigenvalue weighted by Crippen LogP contribution is -2.61. The van der Waals surface area contributed by atoms with Gasteiger partial charge in [-0.1, -0.05) is 48.5 Å². The van der Waals surface area contributed by atoms with Crippen molar-refractivity contribution in [3.63, 3.8) is 0 Å². The molecule has 21 N–H and O–H groups in total. The number of aliphatic imine (C=N–C) groups is 2. The van der Waals surface area contributed by atoms with Crippen LogP contribution in [0.4, 0.5) is 0 Å². The van der Waals surface area contributed by atoms with Gasteiger partial charge in [0.2, 0.25) is 53.2 Å². The van der Waals surface area contributed by atoms with E-state index in [-0.39, 0.29) is 89.3 Å². The van der Waals surface area contributed by atoms with Crippen molar-refractivity contribution in [2.24, 2.45) is 44.4 Å². The minimum atomic E-state index is -1.64. The Kier molecular flexibility index (Phi) is 22.9. The van der Waals surface area contributed by atoms with E-state index in [1.54, 1.807) is 36.5 Å². The molecule has 26 nitrogen and oxygen atoms in total. The molecule has 3 aromatic rings. The summed E-state index contributed by atoms with van der Waals surface area (Å²) in [5, 5.41) is 21.7. The molecule has 26 heteroatoms. The Labute approximate surface area is 421 Å². The molecular weight excluding hydrogens is 947 g/mol. The maximum absolute atomic E-state index is 14.5. The lowest BCUT2D eigenvalue weighted by Gasteiger charge is -2.27. The molecule has 1 aliphatic heterocycles. The summed E-state index contributed by atoms with van der Waals surface area (Å²) in [7, 11) is 0. The van der Waals surface area contributed by atoms with Gasteiger partial charge in [-0.25, -0.2) is 0 Å². The second kappa shape index (κ2) is 29.1. The van der Waals surface area contributed by atoms with Crippen molar-refractivity contribution in [2.75, 3.05) is 26.2 Å². The number of rotatable bonds is 17. The zero-order chi connectivity index (χ0) is 53.5. The Morgan fingerprint density at radius 1 is 0.699 bits per heavy atom. The van der Waals surface area contributed by atoms with Crippen molar-refractivity contribution in [3.8, 4) is 0 Å². The Morgan fingerprint density at radius 3 is 1.95 bits per heavy atom. The van der Waals surface area contributed by atoms with E-state index in [1.807, 2.05) is 24.3 Å². The van der Waals surface area contributed by atoms with Gasteiger partial charge in [-0.3, -0.25) is 53.1 Å². The average Bonchev–Trinajstić information content (AvgIpc) is 3.75. The number of benzene rings is 2. The molecule has 2 heterocycles. The Bertz CT molecular complexity index is 2460. The summed E-state index contributed by atoms with van der Waals surface area (Å²) < 4.78 is 0. The lowest BCUT2D eigenvalue weighted by molar-refractivity contribution is -0.136. The quantitative estimate of drug-likeness (QED) is 0.0345. The van der Waals surface area contributed by atoms with Crippen LogP contribution in [0.5, 0.6) is 0 Å². The van der Waals surface area contributed by atoms with E-state index in [1.165, 1.54) is 6.92 Å². The molecule has 2 aromatic carbocycles. The number of para-hydroxylation sites is 1. The van der Waals surface area contributed by atoms with Crippen LogP contribution in [0.3, 0.4) is 0 Å². The van der Waals surface area contributed by atoms with Gasteiger partial charge < -0.3 is 81.9 Å². The smallest absolute Gasteiger partial charge is 0.244 e. The highest BCUT2D eigenvalue weighted by molar-refractivity contribution is 5.99. The van der Waals surface area contributed by atoms with E-state index in [0.717, 1.165) is 10.9 Å². The monoisotopic (exact) mass is 1020 g/mol. The van der Waals surface area contributed by atoms with E-state index < -0.39 is 108 Å². The third-order valence-corrected chi connectivity index (χ3v) is 11.7. The maximum atomic E-state index is 14.5. The molecule has 0 bridgehead atoms. The predicted octanol–water partition coefficient (Wildman–Crippen LogP) is -4.39. The highest BCUT2D eigenvalue weighted by Crippen LogP contribution is 2.20. The summed E-state index contributed by atoms with van der Waals surface area (Å²) in [6.07, 6.45) is 1.72. The summed E-state index contributed by atoms with van der Waals surface area (Å²) in [6, 6.07) is 6.14. The molecule has 0 spiro atoms. The molecule has 1 aliphatic rings. The minimum Gasteiger partial charge on any atom is -0.370 e. The van der Waals surface area contributed by atoms with Gasteiger partial charge in [0.25, 0.3) is 0 Å². The molecule has 1 fully saturated rings. The number of nitrogens with one attached hydrogen (secondary N) is 9. The highest BCUT2D eigenvalue weighted by atomic mass is 16.2. The fourth-order valence-electron chi connectivity index (χ4n) is 7.90. The van der Waals surface area contributed by atoms with Gasteiger partial charge in [-0.15, -0.1) is 0 Å². The number of nitrogens with zero attached hydrogens (tertiary/aromatic N) is 2. The Balaban J connectivity index is 1.74. The van der Waals surface area contributed by atoms with E-state index >= 15 is 0 Å². The number of carbonyl (C=O) groups excluding carboxylic acids is 9. The molecule has 4 rings (SSSR count). The van der Waals surface area contributed by atoms with Crippen LogP contribution in [0.1, 0.15) is 69.4 Å². The topological polar surface area (TPSA) is 446 Å². The van der Waals surface area contributed by atoms with Gasteiger partial charge in [0, 0.05) is 63.0 Å². The fraction of sp³-hybridized carbons (Fsp3) is 0.468. The molecule has 1 saturated heterocycles. The van der Waals surface area contributed by atoms with Crippen molar-refractivity contribution in [2.45, 2.75) is 113 Å². The van der Waals surface area contributed by atoms with Gasteiger partial charge in [-0.2, -0.15) is 0 Å². The molecule has 73 heavy (non-hydrogen) atoms. The molecule has 396 valence electrons. The Morgan fingerprint density at radius 2 is 1.29 bits per heavy atom. The molecule has 0 radical (unpaired) electrons. The van der Waals surface area contributed by atoms with Crippen LogP contribution in [0.25, 0.3) is 10.9 Å². The summed E-state index contributed by atoms with van der Waals surface area (Å²) >= 11 is 0. The number of fused-ring (bicyclic) bond motifs is 1. The van der Waals surface area contributed by atoms with Crippen LogP contribution in [0.15, 0.2) is 70.8 Å². The third-order valence-electron chi connectivity index (χ3n) is 11.7. The first-order valence-electron chi connectivity index (χ1n) is 23.9. The van der Waals surface area contributed by atoms with Crippen molar-refractivity contribution in [1.82, 2.24) is 47.5 Å². The van der Waals surface area contributed by atoms with Crippen LogP contribution >= 0.6 is 0 Å². The number of carbonyl (C=O) groups is 9. The highest BCUT2D eigenvalue weighted by Gasteiger charge is 2.35. The number of guanidine groups is 2. The number of hydrogen-bond acceptors (Lipinski definition) is 12. The van der Waals surface area contributed by atoms with Crippen molar-refractivity contribution >= 4 is 76.0 Å². The van der Waals surface area contributed by atoms with Crippen molar-refractivity contribution in [1.29, 1.82) is 0 Å². The molecule has 0 saturated carbocycles. The SMILES string of the molecule is CC(=O)N[C@@H](CCCN=C(N)N)C(=O)N[C@H]1CC(=O)NCCCC[C@@H](C(N)=O)NC(=O)[C@H](Cc2c[nH]c3ccccc23)NC(=O)[C@H](CCCN=C(N)N)NC(=O)[C@@H](Cc2ccccc2)NC(=O)[C@@H](CN)NC1=O. The molecule has 7 atom stereocenters. The standard InChI is InChI=1S/C47H69N17O9/c1-26(65)58-32(16-9-19-55-46(50)51)40(68)63-36-23-38(66)54-18-8-7-15-31(39(49)67)59-43(71)35(22-28-25-57-30-14-6-5-13-29(28)30)62-41(69)33(17-10-20-56-47(52)53)60-42(70)34(21-27-11-3-2-4-12-27)61-45(73)37(24-48)64-44(36)72/h2-6,11-14,25,31-37,57H,7-10,15-24,48H2,1H3,(H2,49,67)(H,54,66)(H,58,65)(H,59,71)(H,60,70)(H,61,73)(H,62,69)(H,63,68)(H,64,72)(H4,50,51,55)(H4,52,53,56)/t31-,32-,33-,34+,35-,36-,37+/m0/s1. The van der Waals surface area contributed by atoms with E-state index in [4.69, 9.17) is 34.4 Å².